The second-order valence-electron chi connectivity index (χ2n) is 20.7. The maximum absolute atomic E-state index is 14.1. The monoisotopic (exact) mass is 1060 g/mol. The largest absolute Gasteiger partial charge is 0.453 e. The van der Waals surface area contributed by atoms with Crippen LogP contribution in [0.15, 0.2) is 72.8 Å². The molecule has 398 valence electrons. The highest BCUT2D eigenvalue weighted by atomic mass is 32.2. The van der Waals surface area contributed by atoms with Gasteiger partial charge in [-0.05, 0) is 106 Å². The second-order valence-corrected chi connectivity index (χ2v) is 24.6. The van der Waals surface area contributed by atoms with Crippen molar-refractivity contribution in [2.75, 3.05) is 53.2 Å². The molecular formula is C53H64N10O10S2. The average Bonchev–Trinajstić information content (AvgIpc) is 4.20. The minimum Gasteiger partial charge on any atom is -0.453 e. The Kier molecular flexibility index (Phi) is 14.6. The summed E-state index contributed by atoms with van der Waals surface area (Å²) >= 11 is 0. The molecule has 2 aliphatic heterocycles. The third-order valence-electron chi connectivity index (χ3n) is 14.8. The molecule has 5 atom stereocenters. The SMILES string of the molecule is COC(=O)N[C@H](C(=O)N1CN(S(C)(=O)=O)C[C@H]1c1nc2cc(-c3cc4ccc3CCc3ccc(c(-c5ccc6[nH]c([C@@H]7CN(S(C)(=O)=O)CN7C(=O)[C@@H](NC(=O)OC)C(C)C)nc6c5)c3)C[C@H]4C)ccc2[nH]1)C(C)C. The fourth-order valence-electron chi connectivity index (χ4n) is 10.4. The predicted molar refractivity (Wildman–Crippen MR) is 283 cm³/mol. The van der Waals surface area contributed by atoms with Crippen LogP contribution in [0.3, 0.4) is 0 Å². The number of amides is 4. The van der Waals surface area contributed by atoms with E-state index in [1.807, 2.05) is 24.3 Å². The fourth-order valence-corrected chi connectivity index (χ4v) is 11.9. The first kappa shape index (κ1) is 53.0. The molecule has 4 aromatic carbocycles. The van der Waals surface area contributed by atoms with Gasteiger partial charge in [0.2, 0.25) is 31.9 Å². The highest BCUT2D eigenvalue weighted by Gasteiger charge is 2.45. The highest BCUT2D eigenvalue weighted by Crippen LogP contribution is 2.38. The lowest BCUT2D eigenvalue weighted by molar-refractivity contribution is -0.136. The number of H-pyrrole nitrogens is 2. The molecule has 2 fully saturated rings. The summed E-state index contributed by atoms with van der Waals surface area (Å²) in [6.07, 6.45) is 2.88. The number of rotatable bonds is 12. The van der Waals surface area contributed by atoms with Crippen molar-refractivity contribution < 1.29 is 45.5 Å². The maximum Gasteiger partial charge on any atom is 0.407 e. The maximum atomic E-state index is 14.1. The van der Waals surface area contributed by atoms with Crippen molar-refractivity contribution in [3.8, 4) is 22.3 Å². The van der Waals surface area contributed by atoms with Crippen LogP contribution in [-0.4, -0.2) is 144 Å². The van der Waals surface area contributed by atoms with E-state index in [1.165, 1.54) is 32.6 Å². The van der Waals surface area contributed by atoms with Crippen LogP contribution in [0.2, 0.25) is 0 Å². The minimum atomic E-state index is -3.69. The van der Waals surface area contributed by atoms with E-state index in [1.54, 1.807) is 27.7 Å². The van der Waals surface area contributed by atoms with Gasteiger partial charge in [-0.15, -0.1) is 0 Å². The van der Waals surface area contributed by atoms with Crippen LogP contribution in [0.4, 0.5) is 9.59 Å². The average molecular weight is 1070 g/mol. The van der Waals surface area contributed by atoms with E-state index in [4.69, 9.17) is 19.4 Å². The third kappa shape index (κ3) is 10.8. The van der Waals surface area contributed by atoms with Crippen LogP contribution in [0, 0.1) is 11.8 Å². The smallest absolute Gasteiger partial charge is 0.407 e. The van der Waals surface area contributed by atoms with Crippen molar-refractivity contribution in [3.05, 3.63) is 107 Å². The predicted octanol–water partition coefficient (Wildman–Crippen LogP) is 6.18. The van der Waals surface area contributed by atoms with Gasteiger partial charge in [-0.2, -0.15) is 8.61 Å². The number of aromatic amines is 2. The van der Waals surface area contributed by atoms with E-state index < -0.39 is 68.2 Å². The molecule has 20 nitrogen and oxygen atoms in total. The van der Waals surface area contributed by atoms with Crippen LogP contribution < -0.4 is 10.6 Å². The lowest BCUT2D eigenvalue weighted by atomic mass is 9.84. The van der Waals surface area contributed by atoms with Gasteiger partial charge < -0.3 is 39.9 Å². The summed E-state index contributed by atoms with van der Waals surface area (Å²) in [6, 6.07) is 22.0. The molecule has 0 spiro atoms. The summed E-state index contributed by atoms with van der Waals surface area (Å²) in [5, 5.41) is 5.23. The zero-order valence-electron chi connectivity index (χ0n) is 43.5. The van der Waals surface area contributed by atoms with Gasteiger partial charge in [-0.1, -0.05) is 83.1 Å². The van der Waals surface area contributed by atoms with Gasteiger partial charge >= 0.3 is 12.2 Å². The molecule has 4 bridgehead atoms. The van der Waals surface area contributed by atoms with Crippen molar-refractivity contribution in [3.63, 3.8) is 0 Å². The summed E-state index contributed by atoms with van der Waals surface area (Å²) in [4.78, 5) is 72.3. The van der Waals surface area contributed by atoms with E-state index in [0.717, 1.165) is 87.3 Å². The number of aromatic nitrogens is 4. The van der Waals surface area contributed by atoms with Crippen LogP contribution >= 0.6 is 0 Å². The molecule has 75 heavy (non-hydrogen) atoms. The molecule has 6 aromatic rings. The topological polar surface area (TPSA) is 249 Å². The molecule has 0 radical (unpaired) electrons. The molecule has 0 saturated carbocycles. The Morgan fingerprint density at radius 2 is 1.09 bits per heavy atom. The molecule has 4 aliphatic carbocycles. The molecule has 4 amide bonds. The Labute approximate surface area is 436 Å². The number of imidazole rings is 2. The number of benzene rings is 4. The normalized spacial score (nSPS) is 19.4. The number of nitrogens with one attached hydrogen (secondary N) is 4. The van der Waals surface area contributed by atoms with Gasteiger partial charge in [-0.3, -0.25) is 9.59 Å². The summed E-state index contributed by atoms with van der Waals surface area (Å²) in [5.74, 6) is -0.587. The number of hydrogen-bond donors (Lipinski definition) is 4. The molecular weight excluding hydrogens is 1000 g/mol. The number of fused-ring (bicyclic) bond motifs is 2. The Hall–Kier alpha value is -6.88. The highest BCUT2D eigenvalue weighted by molar-refractivity contribution is 7.88. The van der Waals surface area contributed by atoms with Crippen molar-refractivity contribution in [1.29, 1.82) is 0 Å². The molecule has 4 N–H and O–H groups in total. The zero-order valence-corrected chi connectivity index (χ0v) is 45.1. The number of hydrogen-bond acceptors (Lipinski definition) is 12. The first-order chi connectivity index (χ1) is 35.5. The quantitative estimate of drug-likeness (QED) is 0.107. The van der Waals surface area contributed by atoms with Gasteiger partial charge in [0.05, 0.1) is 62.1 Å². The first-order valence-corrected chi connectivity index (χ1v) is 28.7. The van der Waals surface area contributed by atoms with Gasteiger partial charge in [0.15, 0.2) is 0 Å². The Balaban J connectivity index is 0.991. The standard InChI is InChI=1S/C53H64N10O10S2/c1-29(2)46(58-52(66)72-6)50(64)62-27-60(74(8,68)69)25-44(62)48-54-40-18-16-36(23-42(40)56-48)38-21-32-10-12-33-14-15-34(31(5)20-35(38)13-11-32)22-39(33)37-17-19-41-43(24-37)57-49(55-41)45-26-61(75(9,70)71)28-63(45)51(65)47(30(3)4)59-53(67)73-7/h11,13-19,21-24,29-31,44-47H,10,12,20,25-28H2,1-9H3,(H,54,56)(H,55,57)(H,58,66)(H,59,67)/t31-,44+,45+,46+,47+/m1/s1. The summed E-state index contributed by atoms with van der Waals surface area (Å²) in [7, 11) is -4.95. The van der Waals surface area contributed by atoms with Gasteiger partial charge in [0, 0.05) is 13.1 Å². The van der Waals surface area contributed by atoms with Crippen LogP contribution in [-0.2, 0) is 58.4 Å². The van der Waals surface area contributed by atoms with Crippen molar-refractivity contribution >= 4 is 66.1 Å². The first-order valence-electron chi connectivity index (χ1n) is 25.0. The third-order valence-corrected chi connectivity index (χ3v) is 17.2. The summed E-state index contributed by atoms with van der Waals surface area (Å²) in [6.45, 7) is 8.96. The number of carbonyl (C=O) groups excluding carboxylic acids is 4. The lowest BCUT2D eigenvalue weighted by Crippen LogP contribution is -2.51. The molecule has 2 aromatic heterocycles. The van der Waals surface area contributed by atoms with Crippen LogP contribution in [0.1, 0.15) is 86.5 Å². The molecule has 12 rings (SSSR count). The zero-order chi connectivity index (χ0) is 53.8. The van der Waals surface area contributed by atoms with Crippen molar-refractivity contribution in [2.45, 2.75) is 84.0 Å². The molecule has 22 heteroatoms. The number of methoxy groups -OCH3 is 2. The van der Waals surface area contributed by atoms with E-state index in [-0.39, 0.29) is 44.2 Å². The summed E-state index contributed by atoms with van der Waals surface area (Å²) in [5.41, 5.74) is 11.5. The van der Waals surface area contributed by atoms with Gasteiger partial charge in [0.1, 0.15) is 35.8 Å². The Morgan fingerprint density at radius 3 is 1.55 bits per heavy atom. The Morgan fingerprint density at radius 1 is 0.627 bits per heavy atom. The van der Waals surface area contributed by atoms with E-state index in [0.29, 0.717) is 22.7 Å². The van der Waals surface area contributed by atoms with E-state index in [2.05, 4.69) is 76.1 Å². The van der Waals surface area contributed by atoms with Crippen molar-refractivity contribution in [2.24, 2.45) is 11.8 Å². The number of nitrogens with zero attached hydrogens (tertiary/aromatic N) is 6. The fraction of sp³-hybridized carbons (Fsp3) is 0.434. The summed E-state index contributed by atoms with van der Waals surface area (Å²) < 4.78 is 63.4. The molecule has 2 saturated heterocycles. The number of alkyl carbamates (subject to hydrolysis) is 2. The molecule has 4 heterocycles. The number of carbonyl (C=O) groups is 4. The van der Waals surface area contributed by atoms with Crippen molar-refractivity contribution in [1.82, 2.24) is 49.0 Å². The number of sulfonamides is 2. The number of ether oxygens (including phenoxy) is 2. The molecule has 0 unspecified atom stereocenters. The lowest BCUT2D eigenvalue weighted by Gasteiger charge is -2.29. The number of aryl methyl sites for hydroxylation is 2. The van der Waals surface area contributed by atoms with Crippen LogP contribution in [0.25, 0.3) is 44.3 Å². The van der Waals surface area contributed by atoms with E-state index >= 15 is 0 Å². The van der Waals surface area contributed by atoms with Gasteiger partial charge in [0.25, 0.3) is 0 Å². The van der Waals surface area contributed by atoms with Crippen LogP contribution in [0.5, 0.6) is 0 Å². The van der Waals surface area contributed by atoms with E-state index in [9.17, 15) is 36.0 Å². The van der Waals surface area contributed by atoms with Gasteiger partial charge in [-0.25, -0.2) is 36.4 Å². The Bertz CT molecular complexity index is 3450. The molecule has 6 aliphatic rings. The second kappa shape index (κ2) is 20.7. The minimum absolute atomic E-state index is 0.0130.